The van der Waals surface area contributed by atoms with Gasteiger partial charge in [-0.05, 0) is 31.0 Å². The number of hydrogen-bond acceptors (Lipinski definition) is 3. The van der Waals surface area contributed by atoms with Crippen molar-refractivity contribution in [1.29, 1.82) is 0 Å². The lowest BCUT2D eigenvalue weighted by atomic mass is 9.90. The van der Waals surface area contributed by atoms with E-state index in [9.17, 15) is 13.2 Å². The summed E-state index contributed by atoms with van der Waals surface area (Å²) in [4.78, 5) is 0. The van der Waals surface area contributed by atoms with Crippen LogP contribution in [0.1, 0.15) is 30.5 Å². The monoisotopic (exact) mass is 274 g/mol. The molecule has 3 unspecified atom stereocenters. The van der Waals surface area contributed by atoms with E-state index in [4.69, 9.17) is 10.6 Å². The van der Waals surface area contributed by atoms with Crippen LogP contribution < -0.4 is 11.3 Å². The Balaban J connectivity index is 2.23. The van der Waals surface area contributed by atoms with Gasteiger partial charge in [0.1, 0.15) is 0 Å². The lowest BCUT2D eigenvalue weighted by Gasteiger charge is -2.23. The van der Waals surface area contributed by atoms with Gasteiger partial charge in [0.2, 0.25) is 0 Å². The molecule has 3 nitrogen and oxygen atoms in total. The first-order valence-corrected chi connectivity index (χ1v) is 6.16. The van der Waals surface area contributed by atoms with Gasteiger partial charge >= 0.3 is 6.18 Å². The van der Waals surface area contributed by atoms with Crippen molar-refractivity contribution in [3.05, 3.63) is 35.4 Å². The van der Waals surface area contributed by atoms with E-state index in [1.165, 1.54) is 6.07 Å². The number of nitrogens with one attached hydrogen (secondary N) is 1. The van der Waals surface area contributed by atoms with Crippen LogP contribution in [0.2, 0.25) is 0 Å². The molecule has 1 aromatic rings. The maximum Gasteiger partial charge on any atom is 0.416 e. The summed E-state index contributed by atoms with van der Waals surface area (Å²) in [5.74, 6) is 5.59. The molecule has 2 rings (SSSR count). The minimum atomic E-state index is -4.34. The summed E-state index contributed by atoms with van der Waals surface area (Å²) < 4.78 is 43.5. The molecule has 1 fully saturated rings. The molecule has 1 saturated heterocycles. The summed E-state index contributed by atoms with van der Waals surface area (Å²) >= 11 is 0. The smallest absolute Gasteiger partial charge is 0.378 e. The summed E-state index contributed by atoms with van der Waals surface area (Å²) in [5, 5.41) is 0. The average molecular weight is 274 g/mol. The number of alkyl halides is 3. The molecule has 0 spiro atoms. The van der Waals surface area contributed by atoms with Crippen molar-refractivity contribution in [2.24, 2.45) is 11.8 Å². The van der Waals surface area contributed by atoms with Gasteiger partial charge in [-0.25, -0.2) is 0 Å². The van der Waals surface area contributed by atoms with Gasteiger partial charge in [0.25, 0.3) is 0 Å². The Kier molecular flexibility index (Phi) is 4.13. The average Bonchev–Trinajstić information content (AvgIpc) is 2.76. The van der Waals surface area contributed by atoms with Crippen molar-refractivity contribution in [3.8, 4) is 0 Å². The number of hydrogen-bond donors (Lipinski definition) is 2. The van der Waals surface area contributed by atoms with E-state index in [0.29, 0.717) is 12.2 Å². The Labute approximate surface area is 109 Å². The summed E-state index contributed by atoms with van der Waals surface area (Å²) in [6.45, 7) is 2.45. The van der Waals surface area contributed by atoms with Crippen molar-refractivity contribution in [3.63, 3.8) is 0 Å². The zero-order valence-electron chi connectivity index (χ0n) is 10.6. The molecule has 1 heterocycles. The quantitative estimate of drug-likeness (QED) is 0.658. The molecule has 0 aliphatic carbocycles. The van der Waals surface area contributed by atoms with Crippen LogP contribution in [0.3, 0.4) is 0 Å². The zero-order valence-corrected chi connectivity index (χ0v) is 10.6. The van der Waals surface area contributed by atoms with Crippen molar-refractivity contribution in [1.82, 2.24) is 5.43 Å². The van der Waals surface area contributed by atoms with Crippen LogP contribution in [-0.4, -0.2) is 12.7 Å². The first-order valence-electron chi connectivity index (χ1n) is 6.16. The van der Waals surface area contributed by atoms with Gasteiger partial charge in [-0.3, -0.25) is 11.3 Å². The number of hydrazine groups is 1. The lowest BCUT2D eigenvalue weighted by molar-refractivity contribution is -0.137. The summed E-state index contributed by atoms with van der Waals surface area (Å²) in [6, 6.07) is 4.94. The van der Waals surface area contributed by atoms with Crippen LogP contribution in [0.15, 0.2) is 24.3 Å². The van der Waals surface area contributed by atoms with Gasteiger partial charge in [0.15, 0.2) is 0 Å². The second kappa shape index (κ2) is 5.48. The number of rotatable bonds is 3. The van der Waals surface area contributed by atoms with Crippen LogP contribution in [-0.2, 0) is 10.9 Å². The highest BCUT2D eigenvalue weighted by atomic mass is 19.4. The largest absolute Gasteiger partial charge is 0.416 e. The number of ether oxygens (including phenoxy) is 1. The Morgan fingerprint density at radius 2 is 2.16 bits per heavy atom. The predicted molar refractivity (Wildman–Crippen MR) is 65.0 cm³/mol. The molecule has 1 aliphatic rings. The van der Waals surface area contributed by atoms with Gasteiger partial charge in [-0.1, -0.05) is 12.1 Å². The van der Waals surface area contributed by atoms with Crippen molar-refractivity contribution in [2.45, 2.75) is 31.7 Å². The van der Waals surface area contributed by atoms with E-state index >= 15 is 0 Å². The maximum absolute atomic E-state index is 12.7. The standard InChI is InChI=1S/C13H17F3N2O/c1-8-5-10(7-19-8)12(18-17)9-3-2-4-11(6-9)13(14,15)16/h2-4,6,8,10,12,18H,5,7,17H2,1H3. The first-order chi connectivity index (χ1) is 8.91. The molecule has 0 saturated carbocycles. The van der Waals surface area contributed by atoms with Crippen molar-refractivity contribution >= 4 is 0 Å². The number of halogens is 3. The number of nitrogens with two attached hydrogens (primary N) is 1. The van der Waals surface area contributed by atoms with E-state index in [1.807, 2.05) is 6.92 Å². The van der Waals surface area contributed by atoms with E-state index in [0.717, 1.165) is 18.6 Å². The fourth-order valence-corrected chi connectivity index (χ4v) is 2.50. The van der Waals surface area contributed by atoms with Crippen molar-refractivity contribution < 1.29 is 17.9 Å². The highest BCUT2D eigenvalue weighted by molar-refractivity contribution is 5.28. The fourth-order valence-electron chi connectivity index (χ4n) is 2.50. The van der Waals surface area contributed by atoms with Crippen LogP contribution in [0, 0.1) is 5.92 Å². The molecule has 0 amide bonds. The van der Waals surface area contributed by atoms with Gasteiger partial charge in [-0.15, -0.1) is 0 Å². The zero-order chi connectivity index (χ0) is 14.0. The van der Waals surface area contributed by atoms with Crippen LogP contribution >= 0.6 is 0 Å². The highest BCUT2D eigenvalue weighted by Gasteiger charge is 2.33. The third-order valence-electron chi connectivity index (χ3n) is 3.45. The molecule has 1 aliphatic heterocycles. The van der Waals surface area contributed by atoms with E-state index in [1.54, 1.807) is 6.07 Å². The van der Waals surface area contributed by atoms with Crippen LogP contribution in [0.4, 0.5) is 13.2 Å². The summed E-state index contributed by atoms with van der Waals surface area (Å²) in [5.41, 5.74) is 2.50. The molecule has 0 bridgehead atoms. The summed E-state index contributed by atoms with van der Waals surface area (Å²) in [6.07, 6.45) is -3.44. The Hall–Kier alpha value is -1.11. The second-order valence-corrected chi connectivity index (χ2v) is 4.91. The minimum absolute atomic E-state index is 0.0866. The van der Waals surface area contributed by atoms with E-state index in [-0.39, 0.29) is 18.1 Å². The molecule has 3 N–H and O–H groups in total. The van der Waals surface area contributed by atoms with Crippen molar-refractivity contribution in [2.75, 3.05) is 6.61 Å². The van der Waals surface area contributed by atoms with Gasteiger partial charge in [-0.2, -0.15) is 13.2 Å². The highest BCUT2D eigenvalue weighted by Crippen LogP contribution is 2.34. The Morgan fingerprint density at radius 1 is 1.42 bits per heavy atom. The molecule has 0 radical (unpaired) electrons. The predicted octanol–water partition coefficient (Wildman–Crippen LogP) is 2.63. The first kappa shape index (κ1) is 14.3. The topological polar surface area (TPSA) is 47.3 Å². The van der Waals surface area contributed by atoms with Gasteiger partial charge < -0.3 is 4.74 Å². The molecule has 3 atom stereocenters. The van der Waals surface area contributed by atoms with E-state index in [2.05, 4.69) is 5.43 Å². The van der Waals surface area contributed by atoms with E-state index < -0.39 is 11.7 Å². The van der Waals surface area contributed by atoms with Crippen LogP contribution in [0.25, 0.3) is 0 Å². The molecular formula is C13H17F3N2O. The molecule has 106 valence electrons. The molecule has 6 heteroatoms. The SMILES string of the molecule is CC1CC(C(NN)c2cccc(C(F)(F)F)c2)CO1. The van der Waals surface area contributed by atoms with Crippen LogP contribution in [0.5, 0.6) is 0 Å². The normalized spacial score (nSPS) is 25.5. The third kappa shape index (κ3) is 3.26. The molecular weight excluding hydrogens is 257 g/mol. The second-order valence-electron chi connectivity index (χ2n) is 4.91. The molecule has 0 aromatic heterocycles. The lowest BCUT2D eigenvalue weighted by Crippen LogP contribution is -2.34. The Morgan fingerprint density at radius 3 is 2.68 bits per heavy atom. The number of benzene rings is 1. The van der Waals surface area contributed by atoms with Gasteiger partial charge in [0.05, 0.1) is 24.3 Å². The maximum atomic E-state index is 12.7. The fraction of sp³-hybridized carbons (Fsp3) is 0.538. The minimum Gasteiger partial charge on any atom is -0.378 e. The third-order valence-corrected chi connectivity index (χ3v) is 3.45. The Bertz CT molecular complexity index is 436. The van der Waals surface area contributed by atoms with Gasteiger partial charge in [0, 0.05) is 5.92 Å². The molecule has 19 heavy (non-hydrogen) atoms. The molecule has 1 aromatic carbocycles. The summed E-state index contributed by atoms with van der Waals surface area (Å²) in [7, 11) is 0.